The van der Waals surface area contributed by atoms with Gasteiger partial charge in [-0.2, -0.15) is 0 Å². The molecule has 32 heavy (non-hydrogen) atoms. The first-order valence-corrected chi connectivity index (χ1v) is 11.8. The Hall–Kier alpha value is -2.61. The number of aliphatic imine (C=N–C) groups is 1. The van der Waals surface area contributed by atoms with Crippen LogP contribution in [-0.2, 0) is 24.9 Å². The molecule has 1 unspecified atom stereocenters. The molecule has 2 aromatic rings. The van der Waals surface area contributed by atoms with Crippen molar-refractivity contribution in [3.8, 4) is 5.75 Å². The second-order valence-electron chi connectivity index (χ2n) is 8.93. The third-order valence-corrected chi connectivity index (χ3v) is 6.35. The van der Waals surface area contributed by atoms with Gasteiger partial charge in [-0.3, -0.25) is 0 Å². The smallest absolute Gasteiger partial charge is 0.192 e. The van der Waals surface area contributed by atoms with Crippen molar-refractivity contribution in [1.29, 1.82) is 0 Å². The van der Waals surface area contributed by atoms with Crippen molar-refractivity contribution >= 4 is 5.96 Å². The van der Waals surface area contributed by atoms with Gasteiger partial charge < -0.3 is 24.7 Å². The Labute approximate surface area is 190 Å². The van der Waals surface area contributed by atoms with Gasteiger partial charge in [0.2, 0.25) is 0 Å². The average Bonchev–Trinajstić information content (AvgIpc) is 3.42. The molecule has 2 fully saturated rings. The fraction of sp³-hybridized carbons (Fsp3) is 0.625. The Kier molecular flexibility index (Phi) is 7.63. The van der Waals surface area contributed by atoms with E-state index in [4.69, 9.17) is 14.5 Å². The normalized spacial score (nSPS) is 19.8. The second-order valence-corrected chi connectivity index (χ2v) is 8.93. The number of nitrogens with one attached hydrogen (secondary N) is 2. The summed E-state index contributed by atoms with van der Waals surface area (Å²) in [4.78, 5) is 4.93. The Balaban J connectivity index is 1.48. The van der Waals surface area contributed by atoms with E-state index in [0.717, 1.165) is 41.9 Å². The minimum absolute atomic E-state index is 0.122. The number of guanidine groups is 1. The number of benzene rings is 1. The fourth-order valence-corrected chi connectivity index (χ4v) is 4.21. The number of nitrogens with zero attached hydrogens (tertiary/aromatic N) is 4. The van der Waals surface area contributed by atoms with Crippen LogP contribution in [0.15, 0.2) is 23.2 Å². The third-order valence-electron chi connectivity index (χ3n) is 6.35. The zero-order chi connectivity index (χ0) is 22.3. The van der Waals surface area contributed by atoms with Crippen molar-refractivity contribution in [2.45, 2.75) is 77.6 Å². The molecular weight excluding hydrogens is 404 g/mol. The summed E-state index contributed by atoms with van der Waals surface area (Å²) in [6.07, 6.45) is 7.29. The van der Waals surface area contributed by atoms with Crippen molar-refractivity contribution in [2.24, 2.45) is 12.0 Å². The van der Waals surface area contributed by atoms with E-state index < -0.39 is 0 Å². The first-order chi connectivity index (χ1) is 15.6. The molecule has 0 amide bonds. The Morgan fingerprint density at radius 1 is 1.19 bits per heavy atom. The van der Waals surface area contributed by atoms with Crippen LogP contribution in [-0.4, -0.2) is 46.1 Å². The first kappa shape index (κ1) is 22.6. The van der Waals surface area contributed by atoms with E-state index in [1.54, 1.807) is 0 Å². The summed E-state index contributed by atoms with van der Waals surface area (Å²) in [5.41, 5.74) is 2.27. The molecule has 1 aliphatic heterocycles. The molecule has 0 radical (unpaired) electrons. The maximum atomic E-state index is 6.26. The minimum Gasteiger partial charge on any atom is -0.488 e. The predicted octanol–water partition coefficient (Wildman–Crippen LogP) is 3.17. The van der Waals surface area contributed by atoms with Gasteiger partial charge in [0.15, 0.2) is 11.8 Å². The summed E-state index contributed by atoms with van der Waals surface area (Å²) in [6.45, 7) is 6.59. The predicted molar refractivity (Wildman–Crippen MR) is 125 cm³/mol. The van der Waals surface area contributed by atoms with Gasteiger partial charge in [-0.05, 0) is 38.3 Å². The van der Waals surface area contributed by atoms with Crippen LogP contribution in [0.2, 0.25) is 0 Å². The van der Waals surface area contributed by atoms with E-state index in [0.29, 0.717) is 25.7 Å². The van der Waals surface area contributed by atoms with Crippen LogP contribution >= 0.6 is 0 Å². The monoisotopic (exact) mass is 440 g/mol. The molecule has 1 saturated heterocycles. The van der Waals surface area contributed by atoms with Crippen molar-refractivity contribution in [3.63, 3.8) is 0 Å². The highest BCUT2D eigenvalue weighted by molar-refractivity contribution is 5.80. The molecule has 0 spiro atoms. The van der Waals surface area contributed by atoms with E-state index in [2.05, 4.69) is 46.0 Å². The van der Waals surface area contributed by atoms with Crippen LogP contribution in [0.5, 0.6) is 5.75 Å². The lowest BCUT2D eigenvalue weighted by molar-refractivity contribution is 0.140. The molecule has 2 aliphatic rings. The molecule has 2 heterocycles. The summed E-state index contributed by atoms with van der Waals surface area (Å²) in [6, 6.07) is 6.80. The van der Waals surface area contributed by atoms with E-state index in [-0.39, 0.29) is 6.10 Å². The van der Waals surface area contributed by atoms with Crippen LogP contribution in [0.1, 0.15) is 61.3 Å². The summed E-state index contributed by atoms with van der Waals surface area (Å²) in [5.74, 6) is 3.51. The minimum atomic E-state index is 0.122. The lowest BCUT2D eigenvalue weighted by Gasteiger charge is -2.25. The highest BCUT2D eigenvalue weighted by Crippen LogP contribution is 2.25. The maximum Gasteiger partial charge on any atom is 0.192 e. The Morgan fingerprint density at radius 3 is 2.75 bits per heavy atom. The number of hydrogen-bond acceptors (Lipinski definition) is 5. The molecule has 1 atom stereocenters. The highest BCUT2D eigenvalue weighted by atomic mass is 16.5. The Bertz CT molecular complexity index is 913. The number of ether oxygens (including phenoxy) is 2. The van der Waals surface area contributed by atoms with E-state index in [1.807, 2.05) is 18.5 Å². The maximum absolute atomic E-state index is 6.26. The van der Waals surface area contributed by atoms with Gasteiger partial charge >= 0.3 is 0 Å². The van der Waals surface area contributed by atoms with Gasteiger partial charge in [0.05, 0.1) is 26.3 Å². The van der Waals surface area contributed by atoms with E-state index in [1.165, 1.54) is 37.7 Å². The largest absolute Gasteiger partial charge is 0.488 e. The van der Waals surface area contributed by atoms with Crippen molar-refractivity contribution in [3.05, 3.63) is 41.0 Å². The molecule has 1 aliphatic carbocycles. The zero-order valence-electron chi connectivity index (χ0n) is 19.6. The molecule has 1 saturated carbocycles. The standard InChI is InChI=1S/C24H36N6O2/c1-17-9-10-19(22(13-17)32-21-11-12-31-16-21)14-25-24(27-20-7-5-4-6-8-20)26-15-23-29-28-18(2)30(23)3/h9-10,13,20-21H,4-8,11-12,14-16H2,1-3H3,(H2,25,26,27). The van der Waals surface area contributed by atoms with Gasteiger partial charge in [0.25, 0.3) is 0 Å². The number of rotatable bonds is 7. The molecule has 2 N–H and O–H groups in total. The zero-order valence-corrected chi connectivity index (χ0v) is 19.6. The average molecular weight is 441 g/mol. The highest BCUT2D eigenvalue weighted by Gasteiger charge is 2.19. The lowest BCUT2D eigenvalue weighted by Crippen LogP contribution is -2.44. The van der Waals surface area contributed by atoms with Gasteiger partial charge in [0.1, 0.15) is 17.7 Å². The van der Waals surface area contributed by atoms with Crippen molar-refractivity contribution in [2.75, 3.05) is 13.2 Å². The van der Waals surface area contributed by atoms with Gasteiger partial charge in [-0.1, -0.05) is 31.4 Å². The van der Waals surface area contributed by atoms with Crippen molar-refractivity contribution < 1.29 is 9.47 Å². The Morgan fingerprint density at radius 2 is 2.03 bits per heavy atom. The quantitative estimate of drug-likeness (QED) is 0.508. The summed E-state index contributed by atoms with van der Waals surface area (Å²) >= 11 is 0. The third kappa shape index (κ3) is 6.00. The van der Waals surface area contributed by atoms with Crippen molar-refractivity contribution in [1.82, 2.24) is 25.4 Å². The summed E-state index contributed by atoms with van der Waals surface area (Å²) < 4.78 is 13.7. The number of hydrogen-bond donors (Lipinski definition) is 2. The molecule has 1 aromatic carbocycles. The first-order valence-electron chi connectivity index (χ1n) is 11.8. The topological polar surface area (TPSA) is 85.6 Å². The molecular formula is C24H36N6O2. The van der Waals surface area contributed by atoms with Crippen LogP contribution < -0.4 is 15.4 Å². The summed E-state index contributed by atoms with van der Waals surface area (Å²) in [7, 11) is 1.99. The molecule has 8 heteroatoms. The molecule has 8 nitrogen and oxygen atoms in total. The van der Waals surface area contributed by atoms with E-state index >= 15 is 0 Å². The van der Waals surface area contributed by atoms with Crippen LogP contribution in [0.25, 0.3) is 0 Å². The SMILES string of the molecule is Cc1ccc(CN=C(NCc2nnc(C)n2C)NC2CCCCC2)c(OC2CCOC2)c1. The fourth-order valence-electron chi connectivity index (χ4n) is 4.21. The van der Waals surface area contributed by atoms with Crippen LogP contribution in [0.3, 0.4) is 0 Å². The second kappa shape index (κ2) is 10.8. The molecule has 1 aromatic heterocycles. The van der Waals surface area contributed by atoms with Crippen LogP contribution in [0, 0.1) is 13.8 Å². The van der Waals surface area contributed by atoms with Gasteiger partial charge in [-0.25, -0.2) is 4.99 Å². The lowest BCUT2D eigenvalue weighted by atomic mass is 9.96. The molecule has 4 rings (SSSR count). The molecule has 174 valence electrons. The summed E-state index contributed by atoms with van der Waals surface area (Å²) in [5, 5.41) is 15.5. The van der Waals surface area contributed by atoms with Gasteiger partial charge in [0, 0.05) is 25.1 Å². The van der Waals surface area contributed by atoms with E-state index in [9.17, 15) is 0 Å². The number of aromatic nitrogens is 3. The van der Waals surface area contributed by atoms with Gasteiger partial charge in [-0.15, -0.1) is 10.2 Å². The van der Waals surface area contributed by atoms with Crippen LogP contribution in [0.4, 0.5) is 0 Å². The number of aryl methyl sites for hydroxylation is 2. The molecule has 0 bridgehead atoms.